The average Bonchev–Trinajstić information content (AvgIpc) is 3.01. The first-order valence-electron chi connectivity index (χ1n) is 17.5. The number of nitrogens with one attached hydrogen (secondary N) is 1. The van der Waals surface area contributed by atoms with Crippen molar-refractivity contribution in [2.24, 2.45) is 0 Å². The van der Waals surface area contributed by atoms with Gasteiger partial charge in [-0.25, -0.2) is 0 Å². The first-order chi connectivity index (χ1) is 21.0. The van der Waals surface area contributed by atoms with Crippen molar-refractivity contribution >= 4 is 5.91 Å². The standard InChI is InChI=1S/C37H67NO5/c1-3-5-7-9-11-13-15-16-17-18-19-21-23-25-27-29-31-35(41)37(43)38-33(32-39)36(42)34(40)30-28-26-24-22-20-14-12-10-8-6-4-2/h10-13,16-17,22,24,33-36,39-42H,3-9,14-15,18-21,23,25-32H2,1-2H3,(H,38,43)/b12-10+,13-11-,17-16-,24-22+. The van der Waals surface area contributed by atoms with Crippen molar-refractivity contribution < 1.29 is 25.2 Å². The Balaban J connectivity index is 3.93. The molecule has 0 aliphatic heterocycles. The molecule has 0 radical (unpaired) electrons. The summed E-state index contributed by atoms with van der Waals surface area (Å²) in [5.74, 6) is -0.612. The minimum Gasteiger partial charge on any atom is -0.394 e. The number of amides is 1. The molecule has 0 aliphatic rings. The summed E-state index contributed by atoms with van der Waals surface area (Å²) in [6.07, 6.45) is 35.6. The molecule has 0 aromatic rings. The van der Waals surface area contributed by atoms with Crippen LogP contribution in [0.5, 0.6) is 0 Å². The molecule has 1 amide bonds. The Bertz CT molecular complexity index is 733. The van der Waals surface area contributed by atoms with Crippen LogP contribution in [0.15, 0.2) is 48.6 Å². The summed E-state index contributed by atoms with van der Waals surface area (Å²) >= 11 is 0. The zero-order chi connectivity index (χ0) is 31.8. The summed E-state index contributed by atoms with van der Waals surface area (Å²) < 4.78 is 0. The second kappa shape index (κ2) is 31.7. The minimum atomic E-state index is -1.29. The van der Waals surface area contributed by atoms with Gasteiger partial charge in [-0.05, 0) is 77.0 Å². The van der Waals surface area contributed by atoms with E-state index in [4.69, 9.17) is 0 Å². The van der Waals surface area contributed by atoms with Gasteiger partial charge in [0.25, 0.3) is 0 Å². The number of hydrogen-bond acceptors (Lipinski definition) is 5. The maximum Gasteiger partial charge on any atom is 0.249 e. The highest BCUT2D eigenvalue weighted by Crippen LogP contribution is 2.13. The number of aliphatic hydroxyl groups excluding tert-OH is 4. The number of carbonyl (C=O) groups excluding carboxylic acids is 1. The normalized spacial score (nSPS) is 15.2. The highest BCUT2D eigenvalue weighted by Gasteiger charge is 2.28. The first kappa shape index (κ1) is 41.3. The molecule has 0 aromatic heterocycles. The number of allylic oxidation sites excluding steroid dienone is 8. The molecule has 0 aromatic carbocycles. The van der Waals surface area contributed by atoms with Gasteiger partial charge in [0.1, 0.15) is 12.2 Å². The highest BCUT2D eigenvalue weighted by molar-refractivity contribution is 5.80. The summed E-state index contributed by atoms with van der Waals surface area (Å²) in [6.45, 7) is 3.92. The van der Waals surface area contributed by atoms with Crippen LogP contribution in [0, 0.1) is 0 Å². The topological polar surface area (TPSA) is 110 Å². The van der Waals surface area contributed by atoms with Crippen molar-refractivity contribution in [2.45, 2.75) is 173 Å². The van der Waals surface area contributed by atoms with Gasteiger partial charge in [0.15, 0.2) is 0 Å². The summed E-state index contributed by atoms with van der Waals surface area (Å²) in [5, 5.41) is 43.3. The lowest BCUT2D eigenvalue weighted by molar-refractivity contribution is -0.132. The SMILES string of the molecule is CCCC/C=C/CC/C=C/CCCC(O)C(O)C(CO)NC(=O)C(O)CCCCCCCC/C=C\C/C=C\CCCCC. The van der Waals surface area contributed by atoms with Crippen LogP contribution in [0.2, 0.25) is 0 Å². The van der Waals surface area contributed by atoms with Crippen molar-refractivity contribution in [3.8, 4) is 0 Å². The minimum absolute atomic E-state index is 0.345. The lowest BCUT2D eigenvalue weighted by Crippen LogP contribution is -2.53. The van der Waals surface area contributed by atoms with Gasteiger partial charge in [0.2, 0.25) is 5.91 Å². The van der Waals surface area contributed by atoms with E-state index in [1.54, 1.807) is 0 Å². The van der Waals surface area contributed by atoms with Crippen LogP contribution < -0.4 is 5.32 Å². The molecular formula is C37H67NO5. The molecule has 6 nitrogen and oxygen atoms in total. The van der Waals surface area contributed by atoms with Gasteiger partial charge in [0.05, 0.1) is 18.8 Å². The molecule has 5 N–H and O–H groups in total. The number of aliphatic hydroxyl groups is 4. The molecule has 0 spiro atoms. The van der Waals surface area contributed by atoms with Gasteiger partial charge >= 0.3 is 0 Å². The molecule has 0 rings (SSSR count). The van der Waals surface area contributed by atoms with E-state index in [-0.39, 0.29) is 0 Å². The van der Waals surface area contributed by atoms with E-state index in [0.717, 1.165) is 64.2 Å². The maximum absolute atomic E-state index is 12.4. The fourth-order valence-electron chi connectivity index (χ4n) is 4.84. The smallest absolute Gasteiger partial charge is 0.249 e. The van der Waals surface area contributed by atoms with Crippen LogP contribution in [-0.2, 0) is 4.79 Å². The van der Waals surface area contributed by atoms with Crippen LogP contribution in [0.3, 0.4) is 0 Å². The molecule has 0 saturated carbocycles. The molecule has 0 bridgehead atoms. The Hall–Kier alpha value is -1.73. The molecule has 0 heterocycles. The van der Waals surface area contributed by atoms with Crippen molar-refractivity contribution in [3.63, 3.8) is 0 Å². The van der Waals surface area contributed by atoms with Crippen molar-refractivity contribution in [1.82, 2.24) is 5.32 Å². The highest BCUT2D eigenvalue weighted by atomic mass is 16.3. The van der Waals surface area contributed by atoms with Gasteiger partial charge < -0.3 is 25.7 Å². The third-order valence-electron chi connectivity index (χ3n) is 7.74. The monoisotopic (exact) mass is 606 g/mol. The van der Waals surface area contributed by atoms with E-state index < -0.39 is 36.9 Å². The molecule has 4 unspecified atom stereocenters. The fourth-order valence-corrected chi connectivity index (χ4v) is 4.84. The second-order valence-corrected chi connectivity index (χ2v) is 11.8. The van der Waals surface area contributed by atoms with Gasteiger partial charge in [-0.2, -0.15) is 0 Å². The Labute approximate surface area is 264 Å². The van der Waals surface area contributed by atoms with Gasteiger partial charge in [-0.3, -0.25) is 4.79 Å². The number of hydrogen-bond donors (Lipinski definition) is 5. The van der Waals surface area contributed by atoms with Crippen LogP contribution in [0.25, 0.3) is 0 Å². The maximum atomic E-state index is 12.4. The Morgan fingerprint density at radius 2 is 1.07 bits per heavy atom. The third kappa shape index (κ3) is 26.4. The van der Waals surface area contributed by atoms with E-state index in [1.807, 2.05) is 0 Å². The summed E-state index contributed by atoms with van der Waals surface area (Å²) in [5.41, 5.74) is 0. The van der Waals surface area contributed by atoms with Gasteiger partial charge in [0, 0.05) is 0 Å². The molecule has 0 fully saturated rings. The molecular weight excluding hydrogens is 538 g/mol. The summed E-state index contributed by atoms with van der Waals surface area (Å²) in [4.78, 5) is 12.4. The van der Waals surface area contributed by atoms with E-state index in [2.05, 4.69) is 67.8 Å². The third-order valence-corrected chi connectivity index (χ3v) is 7.74. The van der Waals surface area contributed by atoms with E-state index in [1.165, 1.54) is 51.4 Å². The lowest BCUT2D eigenvalue weighted by Gasteiger charge is -2.27. The number of carbonyl (C=O) groups is 1. The first-order valence-corrected chi connectivity index (χ1v) is 17.5. The lowest BCUT2D eigenvalue weighted by atomic mass is 10.00. The van der Waals surface area contributed by atoms with Crippen molar-refractivity contribution in [2.75, 3.05) is 6.61 Å². The zero-order valence-electron chi connectivity index (χ0n) is 27.7. The van der Waals surface area contributed by atoms with Crippen LogP contribution in [0.4, 0.5) is 0 Å². The molecule has 4 atom stereocenters. The zero-order valence-corrected chi connectivity index (χ0v) is 27.7. The Morgan fingerprint density at radius 1 is 0.581 bits per heavy atom. The van der Waals surface area contributed by atoms with E-state index >= 15 is 0 Å². The summed E-state index contributed by atoms with van der Waals surface area (Å²) in [6, 6.07) is -1.01. The molecule has 250 valence electrons. The predicted molar refractivity (Wildman–Crippen MR) is 182 cm³/mol. The van der Waals surface area contributed by atoms with E-state index in [9.17, 15) is 25.2 Å². The second-order valence-electron chi connectivity index (χ2n) is 11.8. The van der Waals surface area contributed by atoms with Gasteiger partial charge in [-0.15, -0.1) is 0 Å². The Kier molecular flexibility index (Phi) is 30.4. The van der Waals surface area contributed by atoms with E-state index in [0.29, 0.717) is 19.3 Å². The predicted octanol–water partition coefficient (Wildman–Crippen LogP) is 8.00. The van der Waals surface area contributed by atoms with Crippen LogP contribution in [0.1, 0.15) is 149 Å². The van der Waals surface area contributed by atoms with Crippen LogP contribution >= 0.6 is 0 Å². The van der Waals surface area contributed by atoms with Crippen molar-refractivity contribution in [3.05, 3.63) is 48.6 Å². The fraction of sp³-hybridized carbons (Fsp3) is 0.757. The largest absolute Gasteiger partial charge is 0.394 e. The molecule has 43 heavy (non-hydrogen) atoms. The quantitative estimate of drug-likeness (QED) is 0.0421. The number of rotatable bonds is 30. The van der Waals surface area contributed by atoms with Gasteiger partial charge in [-0.1, -0.05) is 120 Å². The summed E-state index contributed by atoms with van der Waals surface area (Å²) in [7, 11) is 0. The average molecular weight is 606 g/mol. The van der Waals surface area contributed by atoms with Crippen LogP contribution in [-0.4, -0.2) is 57.3 Å². The molecule has 0 saturated heterocycles. The molecule has 0 aliphatic carbocycles. The Morgan fingerprint density at radius 3 is 1.67 bits per heavy atom. The molecule has 6 heteroatoms. The van der Waals surface area contributed by atoms with Crippen molar-refractivity contribution in [1.29, 1.82) is 0 Å². The number of unbranched alkanes of at least 4 members (excludes halogenated alkanes) is 13.